The van der Waals surface area contributed by atoms with Gasteiger partial charge in [0.25, 0.3) is 0 Å². The van der Waals surface area contributed by atoms with E-state index in [1.807, 2.05) is 24.3 Å². The maximum atomic E-state index is 9.44. The largest absolute Gasteiger partial charge is 0.508 e. The lowest BCUT2D eigenvalue weighted by molar-refractivity contribution is 0.475. The van der Waals surface area contributed by atoms with E-state index in [-0.39, 0.29) is 0 Å². The number of benzene rings is 2. The summed E-state index contributed by atoms with van der Waals surface area (Å²) >= 11 is 0. The lowest BCUT2D eigenvalue weighted by atomic mass is 9.44. The van der Waals surface area contributed by atoms with E-state index in [0.717, 1.165) is 14.6 Å². The molecule has 0 aliphatic carbocycles. The molecule has 1 aliphatic heterocycles. The van der Waals surface area contributed by atoms with Crippen molar-refractivity contribution in [2.75, 3.05) is 0 Å². The van der Waals surface area contributed by atoms with E-state index in [2.05, 4.69) is 0 Å². The molecular formula is C12H10B2O2. The zero-order chi connectivity index (χ0) is 11.1. The van der Waals surface area contributed by atoms with E-state index in [9.17, 15) is 10.2 Å². The average Bonchev–Trinajstić information content (AvgIpc) is 2.26. The molecule has 76 valence electrons. The quantitative estimate of drug-likeness (QED) is 0.427. The Labute approximate surface area is 95.0 Å². The van der Waals surface area contributed by atoms with Crippen molar-refractivity contribution in [3.05, 3.63) is 36.4 Å². The van der Waals surface area contributed by atoms with Crippen LogP contribution in [0.5, 0.6) is 11.5 Å². The molecule has 1 aliphatic rings. The first-order valence-corrected chi connectivity index (χ1v) is 5.34. The van der Waals surface area contributed by atoms with Crippen LogP contribution in [-0.4, -0.2) is 24.8 Å². The fourth-order valence-electron chi connectivity index (χ4n) is 2.31. The van der Waals surface area contributed by atoms with Crippen LogP contribution in [0, 0.1) is 0 Å². The minimum atomic E-state index is 0.320. The summed E-state index contributed by atoms with van der Waals surface area (Å²) in [6.07, 6.45) is 0. The minimum absolute atomic E-state index is 0.320. The summed E-state index contributed by atoms with van der Waals surface area (Å²) in [5.74, 6) is 0.641. The van der Waals surface area contributed by atoms with Crippen molar-refractivity contribution in [3.8, 4) is 11.5 Å². The van der Waals surface area contributed by atoms with Crippen LogP contribution in [0.1, 0.15) is 0 Å². The molecule has 16 heavy (non-hydrogen) atoms. The van der Waals surface area contributed by atoms with Crippen molar-refractivity contribution in [1.82, 2.24) is 0 Å². The van der Waals surface area contributed by atoms with E-state index >= 15 is 0 Å². The van der Waals surface area contributed by atoms with Gasteiger partial charge in [0.1, 0.15) is 11.5 Å². The van der Waals surface area contributed by atoms with Gasteiger partial charge < -0.3 is 10.2 Å². The second-order valence-corrected chi connectivity index (χ2v) is 4.26. The molecule has 0 amide bonds. The van der Waals surface area contributed by atoms with Gasteiger partial charge in [0, 0.05) is 0 Å². The molecule has 2 aromatic carbocycles. The molecule has 4 heteroatoms. The summed E-state index contributed by atoms with van der Waals surface area (Å²) in [7, 11) is 1.67. The zero-order valence-corrected chi connectivity index (χ0v) is 8.77. The van der Waals surface area contributed by atoms with Crippen LogP contribution in [0.25, 0.3) is 0 Å². The van der Waals surface area contributed by atoms with Gasteiger partial charge in [-0.3, -0.25) is 0 Å². The Kier molecular flexibility index (Phi) is 1.96. The summed E-state index contributed by atoms with van der Waals surface area (Å²) < 4.78 is 0. The first kappa shape index (κ1) is 9.40. The van der Waals surface area contributed by atoms with Crippen LogP contribution < -0.4 is 21.9 Å². The molecule has 2 aromatic rings. The van der Waals surface area contributed by atoms with Gasteiger partial charge in [-0.15, -0.1) is 0 Å². The van der Waals surface area contributed by atoms with Crippen molar-refractivity contribution in [1.29, 1.82) is 0 Å². The number of hydrogen-bond acceptors (Lipinski definition) is 2. The van der Waals surface area contributed by atoms with Gasteiger partial charge in [0.2, 0.25) is 0 Å². The molecule has 0 spiro atoms. The maximum absolute atomic E-state index is 9.44. The van der Waals surface area contributed by atoms with Crippen molar-refractivity contribution >= 4 is 36.4 Å². The van der Waals surface area contributed by atoms with Crippen LogP contribution >= 0.6 is 0 Å². The highest BCUT2D eigenvalue weighted by Crippen LogP contribution is 2.05. The van der Waals surface area contributed by atoms with E-state index in [0.29, 0.717) is 11.5 Å². The Morgan fingerprint density at radius 3 is 1.50 bits per heavy atom. The Morgan fingerprint density at radius 2 is 1.06 bits per heavy atom. The van der Waals surface area contributed by atoms with Crippen LogP contribution in [-0.2, 0) is 0 Å². The van der Waals surface area contributed by atoms with E-state index in [4.69, 9.17) is 0 Å². The normalized spacial score (nSPS) is 12.0. The molecule has 3 rings (SSSR count). The van der Waals surface area contributed by atoms with Gasteiger partial charge in [-0.2, -0.15) is 0 Å². The third-order valence-electron chi connectivity index (χ3n) is 3.14. The fraction of sp³-hybridized carbons (Fsp3) is 0. The van der Waals surface area contributed by atoms with Crippen LogP contribution in [0.3, 0.4) is 0 Å². The van der Waals surface area contributed by atoms with E-state index < -0.39 is 0 Å². The molecule has 2 N–H and O–H groups in total. The van der Waals surface area contributed by atoms with Gasteiger partial charge in [0.05, 0.1) is 0 Å². The minimum Gasteiger partial charge on any atom is -0.508 e. The average molecular weight is 208 g/mol. The van der Waals surface area contributed by atoms with E-state index in [1.54, 1.807) is 12.1 Å². The van der Waals surface area contributed by atoms with Crippen molar-refractivity contribution < 1.29 is 10.2 Å². The molecule has 0 aromatic heterocycles. The Morgan fingerprint density at radius 1 is 0.625 bits per heavy atom. The number of phenolic OH excluding ortho intramolecular Hbond substituents is 2. The number of hydrogen-bond donors (Lipinski definition) is 2. The second-order valence-electron chi connectivity index (χ2n) is 4.26. The van der Waals surface area contributed by atoms with Gasteiger partial charge in [-0.1, -0.05) is 34.0 Å². The molecule has 0 unspecified atom stereocenters. The predicted octanol–water partition coefficient (Wildman–Crippen LogP) is -1.81. The monoisotopic (exact) mass is 208 g/mol. The maximum Gasteiger partial charge on any atom is 0.191 e. The van der Waals surface area contributed by atoms with Crippen molar-refractivity contribution in [3.63, 3.8) is 0 Å². The van der Waals surface area contributed by atoms with Gasteiger partial charge in [-0.25, -0.2) is 0 Å². The number of aromatic hydroxyl groups is 2. The zero-order valence-electron chi connectivity index (χ0n) is 8.77. The van der Waals surface area contributed by atoms with Gasteiger partial charge >= 0.3 is 0 Å². The third-order valence-corrected chi connectivity index (χ3v) is 3.14. The highest BCUT2D eigenvalue weighted by atomic mass is 16.3. The van der Waals surface area contributed by atoms with Gasteiger partial charge in [-0.05, 0) is 24.3 Å². The topological polar surface area (TPSA) is 40.5 Å². The third kappa shape index (κ3) is 1.47. The Bertz CT molecular complexity index is 515. The Hall–Kier alpha value is -1.83. The van der Waals surface area contributed by atoms with Crippen LogP contribution in [0.4, 0.5) is 0 Å². The SMILES string of the molecule is Oc1ccc2c(c1)Bc1ccc(O)cc1B2. The molecule has 0 saturated heterocycles. The summed E-state index contributed by atoms with van der Waals surface area (Å²) in [6, 6.07) is 11.0. The smallest absolute Gasteiger partial charge is 0.191 e. The summed E-state index contributed by atoms with van der Waals surface area (Å²) in [5.41, 5.74) is 4.82. The summed E-state index contributed by atoms with van der Waals surface area (Å²) in [5, 5.41) is 18.9. The molecule has 2 nitrogen and oxygen atoms in total. The number of fused-ring (bicyclic) bond motifs is 2. The molecule has 1 heterocycles. The molecule has 0 atom stereocenters. The number of phenols is 2. The standard InChI is InChI=1S/C12H10B2O2/c15-7-1-3-9-11(5-7)14-10-4-2-8(16)6-12(10)13-9/h1-6,13-16H. The van der Waals surface area contributed by atoms with Gasteiger partial charge in [0.15, 0.2) is 14.6 Å². The highest BCUT2D eigenvalue weighted by molar-refractivity contribution is 6.87. The summed E-state index contributed by atoms with van der Waals surface area (Å²) in [6.45, 7) is 0. The molecular weight excluding hydrogens is 198 g/mol. The lowest BCUT2D eigenvalue weighted by Crippen LogP contribution is -2.56. The van der Waals surface area contributed by atoms with Crippen LogP contribution in [0.15, 0.2) is 36.4 Å². The predicted molar refractivity (Wildman–Crippen MR) is 69.0 cm³/mol. The highest BCUT2D eigenvalue weighted by Gasteiger charge is 2.17. The second kappa shape index (κ2) is 3.34. The Balaban J connectivity index is 2.09. The molecule has 0 bridgehead atoms. The van der Waals surface area contributed by atoms with Crippen LogP contribution in [0.2, 0.25) is 0 Å². The van der Waals surface area contributed by atoms with Crippen molar-refractivity contribution in [2.24, 2.45) is 0 Å². The van der Waals surface area contributed by atoms with Crippen molar-refractivity contribution in [2.45, 2.75) is 0 Å². The van der Waals surface area contributed by atoms with E-state index in [1.165, 1.54) is 21.9 Å². The molecule has 0 fully saturated rings. The number of rotatable bonds is 0. The lowest BCUT2D eigenvalue weighted by Gasteiger charge is -2.18. The summed E-state index contributed by atoms with van der Waals surface area (Å²) in [4.78, 5) is 0. The fourth-order valence-corrected chi connectivity index (χ4v) is 2.31. The molecule has 0 radical (unpaired) electrons. The first-order chi connectivity index (χ1) is 7.72. The molecule has 0 saturated carbocycles. The first-order valence-electron chi connectivity index (χ1n) is 5.34.